The number of ketones is 1. The molecule has 1 aromatic heterocycles. The van der Waals surface area contributed by atoms with Crippen LogP contribution in [0.1, 0.15) is 5.56 Å². The number of aromatic nitrogens is 1. The van der Waals surface area contributed by atoms with Gasteiger partial charge in [-0.25, -0.2) is 0 Å². The van der Waals surface area contributed by atoms with E-state index in [1.54, 1.807) is 6.20 Å². The van der Waals surface area contributed by atoms with Crippen LogP contribution in [0, 0.1) is 0 Å². The molecule has 0 aliphatic carbocycles. The topological polar surface area (TPSA) is 68.4 Å². The number of hydrogen-bond acceptors (Lipinski definition) is 4. The van der Waals surface area contributed by atoms with Crippen molar-refractivity contribution in [3.8, 4) is 0 Å². The lowest BCUT2D eigenvalue weighted by Gasteiger charge is -2.12. The Morgan fingerprint density at radius 1 is 1.26 bits per heavy atom. The third-order valence-electron chi connectivity index (χ3n) is 2.99. The smallest absolute Gasteiger partial charge is 0.337 e. The lowest BCUT2D eigenvalue weighted by Crippen LogP contribution is -2.10. The van der Waals surface area contributed by atoms with Crippen LogP contribution in [0.3, 0.4) is 0 Å². The molecule has 0 spiro atoms. The summed E-state index contributed by atoms with van der Waals surface area (Å²) in [6.45, 7) is 0. The molecule has 1 aromatic carbocycles. The Labute approximate surface area is 111 Å². The minimum atomic E-state index is -3.28. The Bertz CT molecular complexity index is 626. The van der Waals surface area contributed by atoms with Crippen LogP contribution in [0.4, 0.5) is 0 Å². The minimum Gasteiger partial charge on any atom is -0.361 e. The van der Waals surface area contributed by atoms with Gasteiger partial charge >= 0.3 is 7.60 Å². The highest BCUT2D eigenvalue weighted by molar-refractivity contribution is 7.54. The summed E-state index contributed by atoms with van der Waals surface area (Å²) in [4.78, 5) is 15.0. The summed E-state index contributed by atoms with van der Waals surface area (Å²) >= 11 is 0. The molecule has 2 rings (SSSR count). The van der Waals surface area contributed by atoms with E-state index in [1.807, 2.05) is 24.3 Å². The fourth-order valence-corrected chi connectivity index (χ4v) is 2.92. The molecule has 0 unspecified atom stereocenters. The maximum atomic E-state index is 11.9. The van der Waals surface area contributed by atoms with E-state index < -0.39 is 7.60 Å². The Kier molecular flexibility index (Phi) is 4.20. The summed E-state index contributed by atoms with van der Waals surface area (Å²) in [5, 5.41) is 1.00. The van der Waals surface area contributed by atoms with Gasteiger partial charge in [-0.2, -0.15) is 0 Å². The van der Waals surface area contributed by atoms with Crippen LogP contribution in [-0.2, 0) is 24.8 Å². The molecule has 6 heteroatoms. The first-order valence-electron chi connectivity index (χ1n) is 5.85. The molecule has 1 heterocycles. The Morgan fingerprint density at radius 3 is 2.63 bits per heavy atom. The monoisotopic (exact) mass is 281 g/mol. The molecule has 0 atom stereocenters. The van der Waals surface area contributed by atoms with Crippen molar-refractivity contribution >= 4 is 24.3 Å². The molecule has 19 heavy (non-hydrogen) atoms. The zero-order chi connectivity index (χ0) is 13.9. The predicted octanol–water partition coefficient (Wildman–Crippen LogP) is 2.77. The normalized spacial score (nSPS) is 11.9. The zero-order valence-corrected chi connectivity index (χ0v) is 11.8. The summed E-state index contributed by atoms with van der Waals surface area (Å²) in [6.07, 6.45) is 1.80. The van der Waals surface area contributed by atoms with Crippen molar-refractivity contribution in [2.24, 2.45) is 0 Å². The van der Waals surface area contributed by atoms with Gasteiger partial charge < -0.3 is 14.0 Å². The Hall–Kier alpha value is -1.42. The maximum absolute atomic E-state index is 11.9. The van der Waals surface area contributed by atoms with E-state index in [1.165, 1.54) is 14.2 Å². The average Bonchev–Trinajstić information content (AvgIpc) is 2.82. The first-order chi connectivity index (χ1) is 9.08. The summed E-state index contributed by atoms with van der Waals surface area (Å²) in [6, 6.07) is 7.73. The third-order valence-corrected chi connectivity index (χ3v) is 4.84. The van der Waals surface area contributed by atoms with E-state index in [-0.39, 0.29) is 18.4 Å². The van der Waals surface area contributed by atoms with Crippen molar-refractivity contribution in [3.05, 3.63) is 36.0 Å². The van der Waals surface area contributed by atoms with Crippen molar-refractivity contribution in [2.45, 2.75) is 6.42 Å². The predicted molar refractivity (Wildman–Crippen MR) is 73.5 cm³/mol. The van der Waals surface area contributed by atoms with Crippen molar-refractivity contribution in [3.63, 3.8) is 0 Å². The molecule has 5 nitrogen and oxygen atoms in total. The van der Waals surface area contributed by atoms with Crippen molar-refractivity contribution in [1.29, 1.82) is 0 Å². The highest BCUT2D eigenvalue weighted by Gasteiger charge is 2.25. The standard InChI is InChI=1S/C13H16NO4P/c1-17-19(16,18-2)9-11(15)7-10-8-14-13-6-4-3-5-12(10)13/h3-6,8,14H,7,9H2,1-2H3. The lowest BCUT2D eigenvalue weighted by molar-refractivity contribution is -0.116. The molecule has 0 radical (unpaired) electrons. The van der Waals surface area contributed by atoms with Crippen LogP contribution in [-0.4, -0.2) is 31.1 Å². The fourth-order valence-electron chi connectivity index (χ4n) is 1.97. The van der Waals surface area contributed by atoms with Gasteiger partial charge in [0.05, 0.1) is 0 Å². The van der Waals surface area contributed by atoms with Crippen LogP contribution < -0.4 is 0 Å². The number of carbonyl (C=O) groups excluding carboxylic acids is 1. The number of fused-ring (bicyclic) bond motifs is 1. The highest BCUT2D eigenvalue weighted by atomic mass is 31.2. The number of hydrogen-bond donors (Lipinski definition) is 1. The molecular weight excluding hydrogens is 265 g/mol. The second-order valence-corrected chi connectivity index (χ2v) is 6.48. The maximum Gasteiger partial charge on any atom is 0.337 e. The van der Waals surface area contributed by atoms with Crippen LogP contribution in [0.25, 0.3) is 10.9 Å². The van der Waals surface area contributed by atoms with Gasteiger partial charge in [0.15, 0.2) is 0 Å². The molecule has 0 bridgehead atoms. The van der Waals surface area contributed by atoms with E-state index in [2.05, 4.69) is 4.98 Å². The number of rotatable bonds is 6. The van der Waals surface area contributed by atoms with Gasteiger partial charge in [0.25, 0.3) is 0 Å². The number of carbonyl (C=O) groups is 1. The molecule has 0 aliphatic heterocycles. The van der Waals surface area contributed by atoms with Gasteiger partial charge in [0.1, 0.15) is 11.9 Å². The van der Waals surface area contributed by atoms with Gasteiger partial charge in [-0.15, -0.1) is 0 Å². The number of nitrogens with one attached hydrogen (secondary N) is 1. The molecule has 1 N–H and O–H groups in total. The quantitative estimate of drug-likeness (QED) is 0.827. The average molecular weight is 281 g/mol. The first kappa shape index (κ1) is 14.0. The van der Waals surface area contributed by atoms with Crippen LogP contribution in [0.2, 0.25) is 0 Å². The second kappa shape index (κ2) is 5.70. The zero-order valence-electron chi connectivity index (χ0n) is 10.9. The van der Waals surface area contributed by atoms with Crippen LogP contribution in [0.5, 0.6) is 0 Å². The van der Waals surface area contributed by atoms with Crippen LogP contribution >= 0.6 is 7.60 Å². The van der Waals surface area contributed by atoms with E-state index in [0.717, 1.165) is 16.5 Å². The second-order valence-electron chi connectivity index (χ2n) is 4.21. The molecule has 0 fully saturated rings. The van der Waals surface area contributed by atoms with Gasteiger partial charge in [0.2, 0.25) is 0 Å². The molecule has 0 aliphatic rings. The third kappa shape index (κ3) is 3.13. The van der Waals surface area contributed by atoms with E-state index >= 15 is 0 Å². The van der Waals surface area contributed by atoms with E-state index in [4.69, 9.17) is 9.05 Å². The highest BCUT2D eigenvalue weighted by Crippen LogP contribution is 2.46. The van der Waals surface area contributed by atoms with Gasteiger partial charge in [-0.1, -0.05) is 18.2 Å². The Morgan fingerprint density at radius 2 is 1.95 bits per heavy atom. The van der Waals surface area contributed by atoms with Crippen molar-refractivity contribution < 1.29 is 18.4 Å². The van der Waals surface area contributed by atoms with E-state index in [9.17, 15) is 9.36 Å². The van der Waals surface area contributed by atoms with Gasteiger partial charge in [0, 0.05) is 37.7 Å². The van der Waals surface area contributed by atoms with Gasteiger partial charge in [-0.05, 0) is 11.6 Å². The first-order valence-corrected chi connectivity index (χ1v) is 7.58. The summed E-state index contributed by atoms with van der Waals surface area (Å²) in [5.41, 5.74) is 1.87. The molecular formula is C13H16NO4P. The molecule has 0 saturated heterocycles. The summed E-state index contributed by atoms with van der Waals surface area (Å²) < 4.78 is 21.4. The van der Waals surface area contributed by atoms with E-state index in [0.29, 0.717) is 0 Å². The molecule has 102 valence electrons. The number of benzene rings is 1. The SMILES string of the molecule is COP(=O)(CC(=O)Cc1c[nH]c2ccccc12)OC. The molecule has 2 aromatic rings. The Balaban J connectivity index is 2.13. The fraction of sp³-hybridized carbons (Fsp3) is 0.308. The van der Waals surface area contributed by atoms with Crippen LogP contribution in [0.15, 0.2) is 30.5 Å². The molecule has 0 amide bonds. The number of aromatic amines is 1. The van der Waals surface area contributed by atoms with Crippen molar-refractivity contribution in [1.82, 2.24) is 4.98 Å². The summed E-state index contributed by atoms with van der Waals surface area (Å²) in [7, 11) is -0.714. The summed E-state index contributed by atoms with van der Waals surface area (Å²) in [5.74, 6) is -0.170. The number of Topliss-reactive ketones (excluding diaryl/α,β-unsaturated/α-hetero) is 1. The number of H-pyrrole nitrogens is 1. The molecule has 0 saturated carbocycles. The minimum absolute atomic E-state index is 0.170. The lowest BCUT2D eigenvalue weighted by atomic mass is 10.1. The van der Waals surface area contributed by atoms with Gasteiger partial charge in [-0.3, -0.25) is 9.36 Å². The largest absolute Gasteiger partial charge is 0.361 e. The van der Waals surface area contributed by atoms with Crippen molar-refractivity contribution in [2.75, 3.05) is 20.4 Å². The number of para-hydroxylation sites is 1.